The van der Waals surface area contributed by atoms with Gasteiger partial charge >= 0.3 is 0 Å². The highest BCUT2D eigenvalue weighted by Gasteiger charge is 2.65. The van der Waals surface area contributed by atoms with Crippen LogP contribution in [-0.2, 0) is 42.8 Å². The van der Waals surface area contributed by atoms with Gasteiger partial charge in [-0.3, -0.25) is 24.3 Å². The fourth-order valence-corrected chi connectivity index (χ4v) is 12.9. The number of hydrogen-bond acceptors (Lipinski definition) is 13. The van der Waals surface area contributed by atoms with Crippen LogP contribution in [0, 0.1) is 28.4 Å². The number of sulfonamides is 1. The summed E-state index contributed by atoms with van der Waals surface area (Å²) in [6, 6.07) is 30.0. The van der Waals surface area contributed by atoms with Gasteiger partial charge < -0.3 is 46.1 Å². The molecule has 6 N–H and O–H groups in total. The molecule has 4 unspecified atom stereocenters. The third-order valence-corrected chi connectivity index (χ3v) is 17.7. The number of piperazine rings is 1. The van der Waals surface area contributed by atoms with Crippen molar-refractivity contribution in [3.05, 3.63) is 183 Å². The zero-order valence-electron chi connectivity index (χ0n) is 48.0. The van der Waals surface area contributed by atoms with Crippen molar-refractivity contribution in [3.8, 4) is 11.8 Å². The predicted molar refractivity (Wildman–Crippen MR) is 330 cm³/mol. The van der Waals surface area contributed by atoms with Crippen molar-refractivity contribution in [2.45, 2.75) is 68.6 Å². The Labute approximate surface area is 515 Å². The number of pyridine rings is 1. The van der Waals surface area contributed by atoms with Crippen LogP contribution in [0.4, 0.5) is 20.2 Å². The maximum atomic E-state index is 16.4. The Morgan fingerprint density at radius 1 is 0.826 bits per heavy atom. The van der Waals surface area contributed by atoms with E-state index in [2.05, 4.69) is 37.2 Å². The van der Waals surface area contributed by atoms with Crippen LogP contribution in [0.1, 0.15) is 76.1 Å². The molecule has 86 heavy (non-hydrogen) atoms. The number of carbonyl (C=O) groups excluding carboxylic acids is 3. The number of hydrogen-bond donors (Lipinski definition) is 5. The Kier molecular flexibility index (Phi) is 21.7. The van der Waals surface area contributed by atoms with Crippen molar-refractivity contribution < 1.29 is 45.8 Å². The maximum absolute atomic E-state index is 16.4. The SMILES string of the molecule is COc1cc(C(=O)NCCOCCOCCNC(=O)c2ccc(CN3CCN(S(=O)(=O)c4ccc(NC(=S)NCc5cccnc5)cc4)CC3)cc2)ccc1N1C(C(N)=O)C(c2cccc(Cl)c2F)C(C#N)(c2ccc(Cl)cc2F)C1CC(C)(C)C. The lowest BCUT2D eigenvalue weighted by atomic mass is 9.62. The number of aromatic nitrogens is 1. The van der Waals surface area contributed by atoms with Gasteiger partial charge in [-0.25, -0.2) is 17.2 Å². The molecule has 5 aromatic carbocycles. The summed E-state index contributed by atoms with van der Waals surface area (Å²) in [5.41, 5.74) is 7.01. The second kappa shape index (κ2) is 28.9. The third kappa shape index (κ3) is 15.4. The van der Waals surface area contributed by atoms with E-state index in [0.717, 1.165) is 17.2 Å². The highest BCUT2D eigenvalue weighted by atomic mass is 35.5. The van der Waals surface area contributed by atoms with E-state index in [9.17, 15) is 28.1 Å². The summed E-state index contributed by atoms with van der Waals surface area (Å²) in [6.07, 6.45) is 3.61. The zero-order chi connectivity index (χ0) is 61.8. The Morgan fingerprint density at radius 3 is 2.09 bits per heavy atom. The number of anilines is 2. The lowest BCUT2D eigenvalue weighted by Crippen LogP contribution is -2.48. The molecular formula is C62H68Cl2F2N10O8S2. The van der Waals surface area contributed by atoms with Crippen LogP contribution in [0.2, 0.25) is 10.0 Å². The van der Waals surface area contributed by atoms with Crippen molar-refractivity contribution in [2.75, 3.05) is 83.0 Å². The number of primary amides is 1. The number of nitrogens with zero attached hydrogens (tertiary/aromatic N) is 5. The number of halogens is 4. The number of nitrogens with one attached hydrogen (secondary N) is 4. The van der Waals surface area contributed by atoms with Crippen LogP contribution in [0.5, 0.6) is 5.75 Å². The first-order valence-corrected chi connectivity index (χ1v) is 30.4. The van der Waals surface area contributed by atoms with E-state index < -0.39 is 62.3 Å². The summed E-state index contributed by atoms with van der Waals surface area (Å²) < 4.78 is 78.4. The molecule has 2 aliphatic heterocycles. The molecule has 2 saturated heterocycles. The fourth-order valence-electron chi connectivity index (χ4n) is 10.9. The Bertz CT molecular complexity index is 3540. The standard InChI is InChI=1S/C62H68Cl2F2N10O8S2/c1-61(2,3)35-53-62(39-67,48-20-15-44(63)34-50(48)65)54(47-8-5-9-49(64)55(47)66)56(57(68)77)76(53)51-21-14-43(33-52(51)82-4)59(79)71-24-30-84-32-31-83-29-23-70-58(78)42-12-10-40(11-13-42)38-74-25-27-75(28-26-74)86(80,81)46-18-16-45(17-19-46)73-60(85)72-37-41-7-6-22-69-36-41/h5-22,33-34,36,53-54,56H,23-32,35,37-38H2,1-4H3,(H2,68,77)(H,70,78)(H,71,79)(H2,72,73,85). The normalized spacial score (nSPS) is 18.2. The highest BCUT2D eigenvalue weighted by Crippen LogP contribution is 2.58. The minimum Gasteiger partial charge on any atom is -0.495 e. The van der Waals surface area contributed by atoms with Gasteiger partial charge in [0.2, 0.25) is 15.9 Å². The average Bonchev–Trinajstić information content (AvgIpc) is 1.53. The van der Waals surface area contributed by atoms with Gasteiger partial charge in [0.1, 0.15) is 28.8 Å². The van der Waals surface area contributed by atoms with Crippen LogP contribution in [0.3, 0.4) is 0 Å². The van der Waals surface area contributed by atoms with Gasteiger partial charge in [0.15, 0.2) is 5.11 Å². The van der Waals surface area contributed by atoms with Gasteiger partial charge in [-0.15, -0.1) is 0 Å². The van der Waals surface area contributed by atoms with Crippen molar-refractivity contribution in [3.63, 3.8) is 0 Å². The molecule has 0 spiro atoms. The van der Waals surface area contributed by atoms with Crippen molar-refractivity contribution in [1.82, 2.24) is 30.1 Å². The monoisotopic (exact) mass is 1250 g/mol. The molecule has 8 rings (SSSR count). The molecular weight excluding hydrogens is 1190 g/mol. The van der Waals surface area contributed by atoms with Gasteiger partial charge in [-0.2, -0.15) is 9.57 Å². The first-order chi connectivity index (χ1) is 41.1. The van der Waals surface area contributed by atoms with Gasteiger partial charge in [-0.05, 0) is 120 Å². The number of ether oxygens (including phenoxy) is 3. The number of nitrogens with two attached hydrogens (primary N) is 1. The summed E-state index contributed by atoms with van der Waals surface area (Å²) in [5, 5.41) is 23.5. The summed E-state index contributed by atoms with van der Waals surface area (Å²) in [7, 11) is -2.33. The fraction of sp³-hybridized carbons (Fsp3) is 0.355. The third-order valence-electron chi connectivity index (χ3n) is 15.0. The summed E-state index contributed by atoms with van der Waals surface area (Å²) in [4.78, 5) is 48.4. The minimum atomic E-state index is -3.70. The van der Waals surface area contributed by atoms with E-state index in [1.165, 1.54) is 53.9 Å². The van der Waals surface area contributed by atoms with Crippen molar-refractivity contribution in [2.24, 2.45) is 11.1 Å². The number of benzene rings is 5. The molecule has 24 heteroatoms. The largest absolute Gasteiger partial charge is 0.495 e. The van der Waals surface area contributed by atoms with Crippen LogP contribution in [0.15, 0.2) is 133 Å². The first kappa shape index (κ1) is 64.7. The molecule has 0 radical (unpaired) electrons. The quantitative estimate of drug-likeness (QED) is 0.0282. The number of methoxy groups -OCH3 is 1. The molecule has 6 aromatic rings. The Balaban J connectivity index is 0.765. The van der Waals surface area contributed by atoms with Crippen LogP contribution in [0.25, 0.3) is 0 Å². The molecule has 4 atom stereocenters. The van der Waals surface area contributed by atoms with E-state index in [-0.39, 0.29) is 94.9 Å². The molecule has 0 aliphatic carbocycles. The maximum Gasteiger partial charge on any atom is 0.251 e. The Morgan fingerprint density at radius 2 is 1.49 bits per heavy atom. The summed E-state index contributed by atoms with van der Waals surface area (Å²) in [6.45, 7) is 9.82. The molecule has 0 saturated carbocycles. The number of nitriles is 1. The van der Waals surface area contributed by atoms with E-state index in [4.69, 9.17) is 55.4 Å². The molecule has 1 aromatic heterocycles. The molecule has 2 aliphatic rings. The lowest BCUT2D eigenvalue weighted by molar-refractivity contribution is -0.119. The summed E-state index contributed by atoms with van der Waals surface area (Å²) >= 11 is 17.9. The van der Waals surface area contributed by atoms with Crippen LogP contribution >= 0.6 is 35.4 Å². The van der Waals surface area contributed by atoms with Gasteiger partial charge in [0.25, 0.3) is 11.8 Å². The van der Waals surface area contributed by atoms with E-state index in [1.807, 2.05) is 45.0 Å². The predicted octanol–water partition coefficient (Wildman–Crippen LogP) is 8.59. The average molecular weight is 1250 g/mol. The van der Waals surface area contributed by atoms with Crippen LogP contribution in [-0.4, -0.2) is 130 Å². The van der Waals surface area contributed by atoms with Gasteiger partial charge in [-0.1, -0.05) is 80.4 Å². The topological polar surface area (TPSA) is 234 Å². The van der Waals surface area contributed by atoms with Crippen molar-refractivity contribution >= 4 is 79.7 Å². The molecule has 0 bridgehead atoms. The number of amides is 3. The molecule has 2 fully saturated rings. The number of thiocarbonyl (C=S) groups is 1. The second-order valence-electron chi connectivity index (χ2n) is 22.0. The van der Waals surface area contributed by atoms with E-state index >= 15 is 8.78 Å². The zero-order valence-corrected chi connectivity index (χ0v) is 51.1. The molecule has 3 amide bonds. The van der Waals surface area contributed by atoms with E-state index in [0.29, 0.717) is 55.6 Å². The molecule has 454 valence electrons. The Hall–Kier alpha value is -7.33. The highest BCUT2D eigenvalue weighted by molar-refractivity contribution is 7.89. The van der Waals surface area contributed by atoms with Gasteiger partial charge in [0.05, 0.1) is 61.3 Å². The smallest absolute Gasteiger partial charge is 0.251 e. The first-order valence-electron chi connectivity index (χ1n) is 27.8. The van der Waals surface area contributed by atoms with E-state index in [1.54, 1.807) is 59.8 Å². The molecule has 3 heterocycles. The summed E-state index contributed by atoms with van der Waals surface area (Å²) in [5.74, 6) is -4.68. The van der Waals surface area contributed by atoms with Gasteiger partial charge in [0, 0.05) is 98.1 Å². The van der Waals surface area contributed by atoms with Crippen LogP contribution < -0.4 is 36.6 Å². The number of rotatable bonds is 24. The second-order valence-corrected chi connectivity index (χ2v) is 25.1. The number of carbonyl (C=O) groups is 3. The molecule has 18 nitrogen and oxygen atoms in total. The van der Waals surface area contributed by atoms with Crippen molar-refractivity contribution in [1.29, 1.82) is 5.26 Å². The minimum absolute atomic E-state index is 0.0641. The lowest BCUT2D eigenvalue weighted by Gasteiger charge is -2.40.